The zero-order valence-corrected chi connectivity index (χ0v) is 16.6. The summed E-state index contributed by atoms with van der Waals surface area (Å²) in [6.45, 7) is 0.190. The Morgan fingerprint density at radius 2 is 1.58 bits per heavy atom. The number of likely N-dealkylation sites (tertiary alicyclic amines) is 1. The lowest BCUT2D eigenvalue weighted by molar-refractivity contribution is -0.140. The van der Waals surface area contributed by atoms with Gasteiger partial charge in [0.2, 0.25) is 0 Å². The van der Waals surface area contributed by atoms with E-state index in [-0.39, 0.29) is 29.9 Å². The molecular formula is C23H22FNO6. The van der Waals surface area contributed by atoms with Gasteiger partial charge in [0.15, 0.2) is 0 Å². The Kier molecular flexibility index (Phi) is 6.69. The number of Topliss-reactive ketones (excluding diaryl/α,β-unsaturated/α-hetero) is 1. The average molecular weight is 427 g/mol. The fourth-order valence-corrected chi connectivity index (χ4v) is 3.61. The van der Waals surface area contributed by atoms with Crippen molar-refractivity contribution < 1.29 is 34.1 Å². The maximum absolute atomic E-state index is 13.3. The Hall–Kier alpha value is -3.68. The number of nitrogens with zero attached hydrogens (tertiary/aromatic N) is 1. The highest BCUT2D eigenvalue weighted by atomic mass is 19.1. The van der Waals surface area contributed by atoms with E-state index in [1.807, 2.05) is 0 Å². The molecular weight excluding hydrogens is 405 g/mol. The Labute approximate surface area is 178 Å². The second-order valence-electron chi connectivity index (χ2n) is 7.30. The predicted molar refractivity (Wildman–Crippen MR) is 110 cm³/mol. The molecule has 0 spiro atoms. The molecule has 0 unspecified atom stereocenters. The molecule has 0 aromatic heterocycles. The number of carbonyl (C=O) groups excluding carboxylic acids is 2. The molecule has 1 amide bonds. The monoisotopic (exact) mass is 427 g/mol. The summed E-state index contributed by atoms with van der Waals surface area (Å²) in [5.74, 6) is -3.44. The van der Waals surface area contributed by atoms with Crippen molar-refractivity contribution in [3.63, 3.8) is 0 Å². The first-order valence-electron chi connectivity index (χ1n) is 9.84. The molecule has 0 aliphatic carbocycles. The van der Waals surface area contributed by atoms with Gasteiger partial charge in [0.25, 0.3) is 11.7 Å². The van der Waals surface area contributed by atoms with Crippen LogP contribution in [-0.2, 0) is 14.4 Å². The number of carboxylic acids is 1. The van der Waals surface area contributed by atoms with Crippen LogP contribution in [0.25, 0.3) is 5.76 Å². The highest BCUT2D eigenvalue weighted by Crippen LogP contribution is 2.39. The molecule has 1 atom stereocenters. The second kappa shape index (κ2) is 9.42. The lowest BCUT2D eigenvalue weighted by Gasteiger charge is -2.25. The summed E-state index contributed by atoms with van der Waals surface area (Å²) in [5.41, 5.74) is 0.601. The SMILES string of the molecule is O=C(O)CCCCCN1C(=O)C(=O)C(=C(O)c2ccc(F)cc2)[C@H]1c1ccc(O)cc1. The number of benzene rings is 2. The summed E-state index contributed by atoms with van der Waals surface area (Å²) in [7, 11) is 0. The first-order valence-corrected chi connectivity index (χ1v) is 9.84. The third-order valence-electron chi connectivity index (χ3n) is 5.16. The third kappa shape index (κ3) is 4.91. The van der Waals surface area contributed by atoms with Gasteiger partial charge in [0.1, 0.15) is 17.3 Å². The van der Waals surface area contributed by atoms with Crippen molar-refractivity contribution >= 4 is 23.4 Å². The number of aliphatic hydroxyl groups excluding tert-OH is 1. The van der Waals surface area contributed by atoms with Crippen molar-refractivity contribution in [2.45, 2.75) is 31.7 Å². The molecule has 2 aromatic rings. The summed E-state index contributed by atoms with van der Waals surface area (Å²) in [6, 6.07) is 9.98. The van der Waals surface area contributed by atoms with Gasteiger partial charge in [-0.3, -0.25) is 14.4 Å². The molecule has 1 aliphatic heterocycles. The number of rotatable bonds is 8. The van der Waals surface area contributed by atoms with Gasteiger partial charge in [-0.1, -0.05) is 18.6 Å². The van der Waals surface area contributed by atoms with E-state index in [9.17, 15) is 29.0 Å². The number of carboxylic acid groups (broad SMARTS) is 1. The lowest BCUT2D eigenvalue weighted by Crippen LogP contribution is -2.30. The number of halogens is 1. The fourth-order valence-electron chi connectivity index (χ4n) is 3.61. The molecule has 8 heteroatoms. The maximum Gasteiger partial charge on any atom is 0.303 e. The van der Waals surface area contributed by atoms with E-state index in [1.165, 1.54) is 29.2 Å². The quantitative estimate of drug-likeness (QED) is 0.257. The number of aliphatic carboxylic acids is 1. The molecule has 1 aliphatic rings. The van der Waals surface area contributed by atoms with Gasteiger partial charge in [-0.25, -0.2) is 4.39 Å². The molecule has 0 radical (unpaired) electrons. The van der Waals surface area contributed by atoms with Crippen LogP contribution < -0.4 is 0 Å². The topological polar surface area (TPSA) is 115 Å². The average Bonchev–Trinajstić information content (AvgIpc) is 2.99. The zero-order chi connectivity index (χ0) is 22.5. The van der Waals surface area contributed by atoms with Crippen molar-refractivity contribution in [2.24, 2.45) is 0 Å². The molecule has 7 nitrogen and oxygen atoms in total. The summed E-state index contributed by atoms with van der Waals surface area (Å²) in [4.78, 5) is 37.6. The van der Waals surface area contributed by atoms with Crippen molar-refractivity contribution in [3.8, 4) is 5.75 Å². The zero-order valence-electron chi connectivity index (χ0n) is 16.6. The number of unbranched alkanes of at least 4 members (excludes halogenated alkanes) is 2. The fraction of sp³-hybridized carbons (Fsp3) is 0.261. The molecule has 0 bridgehead atoms. The smallest absolute Gasteiger partial charge is 0.303 e. The number of carbonyl (C=O) groups is 3. The van der Waals surface area contributed by atoms with Gasteiger partial charge in [0, 0.05) is 18.5 Å². The second-order valence-corrected chi connectivity index (χ2v) is 7.30. The van der Waals surface area contributed by atoms with Crippen LogP contribution in [0.1, 0.15) is 42.9 Å². The lowest BCUT2D eigenvalue weighted by atomic mass is 9.95. The van der Waals surface area contributed by atoms with Crippen molar-refractivity contribution in [1.29, 1.82) is 0 Å². The molecule has 3 rings (SSSR count). The van der Waals surface area contributed by atoms with E-state index in [4.69, 9.17) is 5.11 Å². The molecule has 1 saturated heterocycles. The molecule has 31 heavy (non-hydrogen) atoms. The minimum Gasteiger partial charge on any atom is -0.508 e. The Balaban J connectivity index is 1.96. The third-order valence-corrected chi connectivity index (χ3v) is 5.16. The van der Waals surface area contributed by atoms with E-state index in [0.717, 1.165) is 12.1 Å². The summed E-state index contributed by atoms with van der Waals surface area (Å²) in [6.07, 6.45) is 1.49. The van der Waals surface area contributed by atoms with Crippen LogP contribution in [0, 0.1) is 5.82 Å². The predicted octanol–water partition coefficient (Wildman–Crippen LogP) is 3.60. The minimum atomic E-state index is -0.899. The molecule has 0 saturated carbocycles. The van der Waals surface area contributed by atoms with Gasteiger partial charge in [-0.15, -0.1) is 0 Å². The standard InChI is InChI=1S/C23H22FNO6/c24-16-9-5-15(6-10-16)21(29)19-20(14-7-11-17(26)12-8-14)25(23(31)22(19)30)13-3-1-2-4-18(27)28/h5-12,20,26,29H,1-4,13H2,(H,27,28)/t20-/m1/s1. The van der Waals surface area contributed by atoms with Crippen molar-refractivity contribution in [2.75, 3.05) is 6.54 Å². The van der Waals surface area contributed by atoms with Crippen LogP contribution in [0.3, 0.4) is 0 Å². The Morgan fingerprint density at radius 1 is 0.935 bits per heavy atom. The summed E-state index contributed by atoms with van der Waals surface area (Å²) in [5, 5.41) is 29.2. The van der Waals surface area contributed by atoms with Gasteiger partial charge in [0.05, 0.1) is 11.6 Å². The number of amides is 1. The minimum absolute atomic E-state index is 0.00732. The number of hydrogen-bond acceptors (Lipinski definition) is 5. The van der Waals surface area contributed by atoms with Crippen LogP contribution in [0.4, 0.5) is 4.39 Å². The van der Waals surface area contributed by atoms with Crippen LogP contribution >= 0.6 is 0 Å². The van der Waals surface area contributed by atoms with E-state index < -0.39 is 35.3 Å². The molecule has 2 aromatic carbocycles. The molecule has 3 N–H and O–H groups in total. The van der Waals surface area contributed by atoms with E-state index >= 15 is 0 Å². The normalized spacial score (nSPS) is 17.8. The number of ketones is 1. The number of phenolic OH excluding ortho intramolecular Hbond substituents is 1. The molecule has 1 fully saturated rings. The van der Waals surface area contributed by atoms with Crippen LogP contribution in [-0.4, -0.2) is 44.4 Å². The van der Waals surface area contributed by atoms with Crippen LogP contribution in [0.15, 0.2) is 54.1 Å². The number of phenols is 1. The Bertz CT molecular complexity index is 1010. The van der Waals surface area contributed by atoms with Gasteiger partial charge >= 0.3 is 5.97 Å². The molecule has 1 heterocycles. The first kappa shape index (κ1) is 22.0. The van der Waals surface area contributed by atoms with Gasteiger partial charge in [-0.2, -0.15) is 0 Å². The first-order chi connectivity index (χ1) is 14.8. The largest absolute Gasteiger partial charge is 0.508 e. The van der Waals surface area contributed by atoms with Crippen LogP contribution in [0.2, 0.25) is 0 Å². The number of aromatic hydroxyl groups is 1. The Morgan fingerprint density at radius 3 is 2.19 bits per heavy atom. The van der Waals surface area contributed by atoms with Gasteiger partial charge in [-0.05, 0) is 54.8 Å². The highest BCUT2D eigenvalue weighted by molar-refractivity contribution is 6.46. The number of hydrogen-bond donors (Lipinski definition) is 3. The molecule has 162 valence electrons. The van der Waals surface area contributed by atoms with Crippen molar-refractivity contribution in [1.82, 2.24) is 4.90 Å². The summed E-state index contributed by atoms with van der Waals surface area (Å²) >= 11 is 0. The summed E-state index contributed by atoms with van der Waals surface area (Å²) < 4.78 is 13.3. The van der Waals surface area contributed by atoms with E-state index in [2.05, 4.69) is 0 Å². The van der Waals surface area contributed by atoms with Gasteiger partial charge < -0.3 is 20.2 Å². The highest BCUT2D eigenvalue weighted by Gasteiger charge is 2.45. The maximum atomic E-state index is 13.3. The van der Waals surface area contributed by atoms with E-state index in [1.54, 1.807) is 12.1 Å². The van der Waals surface area contributed by atoms with E-state index in [0.29, 0.717) is 24.8 Å². The van der Waals surface area contributed by atoms with Crippen LogP contribution in [0.5, 0.6) is 5.75 Å². The number of aliphatic hydroxyl groups is 1. The van der Waals surface area contributed by atoms with Crippen molar-refractivity contribution in [3.05, 3.63) is 71.0 Å².